The molecule has 2 rings (SSSR count). The molecule has 5 unspecified atom stereocenters. The van der Waals surface area contributed by atoms with Crippen molar-refractivity contribution in [3.05, 3.63) is 0 Å². The van der Waals surface area contributed by atoms with Gasteiger partial charge in [-0.05, 0) is 20.9 Å². The molecular weight excluding hydrogens is 228 g/mol. The number of hydrazine groups is 1. The van der Waals surface area contributed by atoms with E-state index in [1.54, 1.807) is 7.05 Å². The fourth-order valence-corrected chi connectivity index (χ4v) is 2.30. The zero-order chi connectivity index (χ0) is 12.6. The molecule has 5 atom stereocenters. The van der Waals surface area contributed by atoms with Crippen molar-refractivity contribution in [3.63, 3.8) is 0 Å². The quantitative estimate of drug-likeness (QED) is 0.441. The maximum absolute atomic E-state index is 9.69. The number of hydrogen-bond donors (Lipinski definition) is 4. The molecule has 0 aliphatic carbocycles. The van der Waals surface area contributed by atoms with Gasteiger partial charge in [-0.25, -0.2) is 5.43 Å². The van der Waals surface area contributed by atoms with Crippen LogP contribution >= 0.6 is 0 Å². The normalized spacial score (nSPS) is 41.5. The minimum atomic E-state index is -0.971. The van der Waals surface area contributed by atoms with Gasteiger partial charge in [0.05, 0.1) is 12.6 Å². The Labute approximate surface area is 100 Å². The molecule has 2 fully saturated rings. The van der Waals surface area contributed by atoms with E-state index in [0.717, 1.165) is 0 Å². The van der Waals surface area contributed by atoms with E-state index < -0.39 is 24.3 Å². The van der Waals surface area contributed by atoms with E-state index in [2.05, 4.69) is 10.9 Å². The Morgan fingerprint density at radius 1 is 1.35 bits per heavy atom. The van der Waals surface area contributed by atoms with Crippen molar-refractivity contribution in [3.8, 4) is 0 Å². The van der Waals surface area contributed by atoms with Crippen molar-refractivity contribution in [1.82, 2.24) is 10.9 Å². The lowest BCUT2D eigenvalue weighted by Crippen LogP contribution is -2.54. The van der Waals surface area contributed by atoms with Crippen LogP contribution in [0.1, 0.15) is 13.8 Å². The second-order valence-corrected chi connectivity index (χ2v) is 4.74. The lowest BCUT2D eigenvalue weighted by molar-refractivity contribution is -0.219. The summed E-state index contributed by atoms with van der Waals surface area (Å²) in [5.74, 6) is -0.696. The molecule has 0 spiro atoms. The zero-order valence-electron chi connectivity index (χ0n) is 10.2. The molecule has 2 heterocycles. The second kappa shape index (κ2) is 4.77. The van der Waals surface area contributed by atoms with Gasteiger partial charge in [0.15, 0.2) is 12.1 Å². The summed E-state index contributed by atoms with van der Waals surface area (Å²) in [5, 5.41) is 18.7. The molecule has 17 heavy (non-hydrogen) atoms. The highest BCUT2D eigenvalue weighted by molar-refractivity contribution is 4.99. The summed E-state index contributed by atoms with van der Waals surface area (Å²) >= 11 is 0. The number of nitrogens with one attached hydrogen (secondary N) is 2. The summed E-state index contributed by atoms with van der Waals surface area (Å²) in [6.45, 7) is 3.25. The third-order valence-corrected chi connectivity index (χ3v) is 2.96. The predicted molar refractivity (Wildman–Crippen MR) is 57.8 cm³/mol. The van der Waals surface area contributed by atoms with E-state index in [4.69, 9.17) is 19.3 Å². The Kier molecular flexibility index (Phi) is 3.69. The van der Waals surface area contributed by atoms with Crippen molar-refractivity contribution in [1.29, 1.82) is 0 Å². The summed E-state index contributed by atoms with van der Waals surface area (Å²) in [7, 11) is 1.72. The fraction of sp³-hybridized carbons (Fsp3) is 1.00. The minimum Gasteiger partial charge on any atom is -0.394 e. The first-order valence-electron chi connectivity index (χ1n) is 5.71. The molecular formula is C10H20N2O5. The van der Waals surface area contributed by atoms with Gasteiger partial charge in [-0.3, -0.25) is 5.43 Å². The molecule has 2 saturated heterocycles. The number of ether oxygens (including phenoxy) is 3. The summed E-state index contributed by atoms with van der Waals surface area (Å²) in [6.07, 6.45) is -2.38. The van der Waals surface area contributed by atoms with Gasteiger partial charge in [0.2, 0.25) is 0 Å². The van der Waals surface area contributed by atoms with Gasteiger partial charge in [-0.1, -0.05) is 0 Å². The Balaban J connectivity index is 2.10. The third kappa shape index (κ3) is 2.45. The average Bonchev–Trinajstić information content (AvgIpc) is 2.72. The first kappa shape index (κ1) is 13.2. The molecule has 7 nitrogen and oxygen atoms in total. The summed E-state index contributed by atoms with van der Waals surface area (Å²) in [6, 6.07) is -0.283. The monoisotopic (exact) mass is 248 g/mol. The van der Waals surface area contributed by atoms with Crippen molar-refractivity contribution >= 4 is 0 Å². The van der Waals surface area contributed by atoms with Gasteiger partial charge in [0.1, 0.15) is 18.3 Å². The molecule has 2 aliphatic heterocycles. The van der Waals surface area contributed by atoms with E-state index in [0.29, 0.717) is 0 Å². The molecule has 0 bridgehead atoms. The fourth-order valence-electron chi connectivity index (χ4n) is 2.30. The summed E-state index contributed by atoms with van der Waals surface area (Å²) in [4.78, 5) is 0. The zero-order valence-corrected chi connectivity index (χ0v) is 10.2. The van der Waals surface area contributed by atoms with E-state index in [1.807, 2.05) is 13.8 Å². The van der Waals surface area contributed by atoms with Crippen LogP contribution in [0.4, 0.5) is 0 Å². The van der Waals surface area contributed by atoms with Crippen LogP contribution in [0.3, 0.4) is 0 Å². The van der Waals surface area contributed by atoms with E-state index in [1.165, 1.54) is 0 Å². The van der Waals surface area contributed by atoms with Crippen LogP contribution < -0.4 is 10.9 Å². The molecule has 4 N–H and O–H groups in total. The van der Waals surface area contributed by atoms with E-state index in [9.17, 15) is 5.11 Å². The first-order valence-corrected chi connectivity index (χ1v) is 5.71. The van der Waals surface area contributed by atoms with Crippen LogP contribution in [0.5, 0.6) is 0 Å². The summed E-state index contributed by atoms with van der Waals surface area (Å²) in [5.41, 5.74) is 5.77. The molecule has 2 aliphatic rings. The maximum atomic E-state index is 9.69. The molecule has 100 valence electrons. The number of aliphatic hydroxyl groups excluding tert-OH is 2. The minimum absolute atomic E-state index is 0.283. The van der Waals surface area contributed by atoms with E-state index in [-0.39, 0.29) is 18.8 Å². The van der Waals surface area contributed by atoms with Gasteiger partial charge in [-0.15, -0.1) is 0 Å². The predicted octanol–water partition coefficient (Wildman–Crippen LogP) is -1.69. The Morgan fingerprint density at radius 2 is 2.06 bits per heavy atom. The van der Waals surface area contributed by atoms with Crippen LogP contribution in [-0.2, 0) is 14.2 Å². The Bertz CT molecular complexity index is 275. The molecule has 0 radical (unpaired) electrons. The Hall–Kier alpha value is -0.280. The van der Waals surface area contributed by atoms with Crippen LogP contribution in [-0.4, -0.2) is 60.3 Å². The van der Waals surface area contributed by atoms with Gasteiger partial charge in [0.25, 0.3) is 0 Å². The lowest BCUT2D eigenvalue weighted by atomic mass is 10.0. The number of aliphatic hydroxyl groups is 2. The third-order valence-electron chi connectivity index (χ3n) is 2.96. The second-order valence-electron chi connectivity index (χ2n) is 4.74. The molecule has 0 aromatic rings. The maximum Gasteiger partial charge on any atom is 0.189 e. The number of hydrogen-bond acceptors (Lipinski definition) is 7. The van der Waals surface area contributed by atoms with E-state index >= 15 is 0 Å². The average molecular weight is 248 g/mol. The number of rotatable bonds is 4. The largest absolute Gasteiger partial charge is 0.394 e. The number of fused-ring (bicyclic) bond motifs is 1. The van der Waals surface area contributed by atoms with Crippen molar-refractivity contribution in [2.45, 2.75) is 50.3 Å². The SMILES string of the molecule is CNNC1C(C(O)CO)OC2OC(C)(C)OC21. The van der Waals surface area contributed by atoms with Gasteiger partial charge >= 0.3 is 0 Å². The van der Waals surface area contributed by atoms with Crippen molar-refractivity contribution in [2.24, 2.45) is 0 Å². The van der Waals surface area contributed by atoms with Gasteiger partial charge in [-0.2, -0.15) is 0 Å². The molecule has 0 aromatic heterocycles. The Morgan fingerprint density at radius 3 is 2.65 bits per heavy atom. The van der Waals surface area contributed by atoms with Crippen LogP contribution in [0, 0.1) is 0 Å². The summed E-state index contributed by atoms with van der Waals surface area (Å²) < 4.78 is 16.9. The topological polar surface area (TPSA) is 92.2 Å². The van der Waals surface area contributed by atoms with Crippen LogP contribution in [0.2, 0.25) is 0 Å². The van der Waals surface area contributed by atoms with Crippen LogP contribution in [0.25, 0.3) is 0 Å². The standard InChI is InChI=1S/C10H20N2O5/c1-10(2)16-8-6(12-11-3)7(5(14)4-13)15-9(8)17-10/h5-9,11-14H,4H2,1-3H3. The van der Waals surface area contributed by atoms with Crippen LogP contribution in [0.15, 0.2) is 0 Å². The highest BCUT2D eigenvalue weighted by Crippen LogP contribution is 2.38. The molecule has 0 saturated carbocycles. The van der Waals surface area contributed by atoms with Gasteiger partial charge < -0.3 is 24.4 Å². The highest BCUT2D eigenvalue weighted by atomic mass is 16.8. The van der Waals surface area contributed by atoms with Crippen molar-refractivity contribution < 1.29 is 24.4 Å². The molecule has 0 aromatic carbocycles. The molecule has 0 amide bonds. The highest BCUT2D eigenvalue weighted by Gasteiger charge is 2.56. The van der Waals surface area contributed by atoms with Gasteiger partial charge in [0, 0.05) is 0 Å². The van der Waals surface area contributed by atoms with Crippen molar-refractivity contribution in [2.75, 3.05) is 13.7 Å². The first-order chi connectivity index (χ1) is 7.98. The molecule has 7 heteroatoms. The lowest BCUT2D eigenvalue weighted by Gasteiger charge is -2.28. The smallest absolute Gasteiger partial charge is 0.189 e.